The molecule has 3 aromatic rings. The Hall–Kier alpha value is -2.63. The van der Waals surface area contributed by atoms with E-state index < -0.39 is 0 Å². The standard InChI is InChI=1S/C26H25NO2S2/c1-3-23-24(27(25(23)28)18-19-14-16-20(29-2)17-15-19)26(30-21-10-6-4-7-11-21)31-22-12-8-5-9-13-22/h3-17,24,26H,18H2,1-2H3/b23-3+/t24-/m0/s1. The zero-order valence-corrected chi connectivity index (χ0v) is 19.2. The number of benzene rings is 3. The monoisotopic (exact) mass is 447 g/mol. The SMILES string of the molecule is C/C=C1/C(=O)N(Cc2ccc(OC)cc2)[C@@H]1C(Sc1ccccc1)Sc1ccccc1. The Kier molecular flexibility index (Phi) is 7.05. The fourth-order valence-corrected chi connectivity index (χ4v) is 6.49. The molecule has 1 atom stereocenters. The maximum absolute atomic E-state index is 13.0. The minimum atomic E-state index is 0.0370. The molecular weight excluding hydrogens is 422 g/mol. The number of carbonyl (C=O) groups is 1. The number of hydrogen-bond acceptors (Lipinski definition) is 4. The number of allylic oxidation sites excluding steroid dienone is 1. The number of nitrogens with zero attached hydrogens (tertiary/aromatic N) is 1. The van der Waals surface area contributed by atoms with E-state index in [0.29, 0.717) is 6.54 Å². The van der Waals surface area contributed by atoms with Gasteiger partial charge >= 0.3 is 0 Å². The number of rotatable bonds is 8. The maximum atomic E-state index is 13.0. The topological polar surface area (TPSA) is 29.5 Å². The zero-order valence-electron chi connectivity index (χ0n) is 17.6. The molecule has 1 fully saturated rings. The van der Waals surface area contributed by atoms with E-state index in [1.165, 1.54) is 9.79 Å². The lowest BCUT2D eigenvalue weighted by atomic mass is 9.94. The quantitative estimate of drug-likeness (QED) is 0.176. The first-order valence-electron chi connectivity index (χ1n) is 10.2. The molecule has 1 amide bonds. The Labute approximate surface area is 192 Å². The first-order valence-corrected chi connectivity index (χ1v) is 12.0. The largest absolute Gasteiger partial charge is 0.497 e. The number of thioether (sulfide) groups is 2. The number of methoxy groups -OCH3 is 1. The van der Waals surface area contributed by atoms with Gasteiger partial charge in [-0.2, -0.15) is 0 Å². The smallest absolute Gasteiger partial charge is 0.252 e. The van der Waals surface area contributed by atoms with Crippen LogP contribution in [0.15, 0.2) is 106 Å². The molecule has 31 heavy (non-hydrogen) atoms. The van der Waals surface area contributed by atoms with Gasteiger partial charge < -0.3 is 9.64 Å². The molecule has 0 aromatic heterocycles. The molecule has 4 rings (SSSR count). The third kappa shape index (κ3) is 5.00. The van der Waals surface area contributed by atoms with Crippen LogP contribution >= 0.6 is 23.5 Å². The highest BCUT2D eigenvalue weighted by Crippen LogP contribution is 2.45. The van der Waals surface area contributed by atoms with Crippen LogP contribution in [0.4, 0.5) is 0 Å². The maximum Gasteiger partial charge on any atom is 0.252 e. The number of ether oxygens (including phenoxy) is 1. The van der Waals surface area contributed by atoms with Crippen molar-refractivity contribution in [2.24, 2.45) is 0 Å². The summed E-state index contributed by atoms with van der Waals surface area (Å²) in [6.07, 6.45) is 1.97. The average molecular weight is 448 g/mol. The first kappa shape index (κ1) is 21.6. The van der Waals surface area contributed by atoms with Crippen molar-refractivity contribution in [3.63, 3.8) is 0 Å². The van der Waals surface area contributed by atoms with Crippen molar-refractivity contribution in [1.29, 1.82) is 0 Å². The number of likely N-dealkylation sites (tertiary alicyclic amines) is 1. The molecule has 0 saturated carbocycles. The lowest BCUT2D eigenvalue weighted by Gasteiger charge is -2.46. The average Bonchev–Trinajstić information content (AvgIpc) is 2.82. The zero-order chi connectivity index (χ0) is 21.6. The second-order valence-electron chi connectivity index (χ2n) is 7.20. The molecule has 1 saturated heterocycles. The van der Waals surface area contributed by atoms with E-state index >= 15 is 0 Å². The molecule has 0 N–H and O–H groups in total. The second kappa shape index (κ2) is 10.1. The molecule has 3 aromatic carbocycles. The Balaban J connectivity index is 1.61. The van der Waals surface area contributed by atoms with E-state index in [1.807, 2.05) is 77.8 Å². The highest BCUT2D eigenvalue weighted by Gasteiger charge is 2.46. The summed E-state index contributed by atoms with van der Waals surface area (Å²) in [7, 11) is 1.66. The number of carbonyl (C=O) groups excluding carboxylic acids is 1. The third-order valence-electron chi connectivity index (χ3n) is 5.23. The van der Waals surface area contributed by atoms with E-state index in [9.17, 15) is 4.79 Å². The van der Waals surface area contributed by atoms with E-state index in [-0.39, 0.29) is 16.5 Å². The molecule has 0 aliphatic carbocycles. The first-order chi connectivity index (χ1) is 15.2. The normalized spacial score (nSPS) is 17.1. The van der Waals surface area contributed by atoms with Crippen LogP contribution in [0.5, 0.6) is 5.75 Å². The van der Waals surface area contributed by atoms with Gasteiger partial charge in [0.05, 0.1) is 17.7 Å². The fraction of sp³-hybridized carbons (Fsp3) is 0.192. The molecule has 0 radical (unpaired) electrons. The lowest BCUT2D eigenvalue weighted by molar-refractivity contribution is -0.137. The van der Waals surface area contributed by atoms with Crippen molar-refractivity contribution in [2.45, 2.75) is 33.9 Å². The van der Waals surface area contributed by atoms with Crippen LogP contribution in [0.2, 0.25) is 0 Å². The summed E-state index contributed by atoms with van der Waals surface area (Å²) in [4.78, 5) is 17.4. The molecule has 1 heterocycles. The van der Waals surface area contributed by atoms with Gasteiger partial charge in [0.25, 0.3) is 5.91 Å². The second-order valence-corrected chi connectivity index (χ2v) is 9.93. The number of amides is 1. The molecule has 1 aliphatic heterocycles. The summed E-state index contributed by atoms with van der Waals surface area (Å²) in [5.41, 5.74) is 1.99. The summed E-state index contributed by atoms with van der Waals surface area (Å²) >= 11 is 3.63. The van der Waals surface area contributed by atoms with Crippen molar-refractivity contribution < 1.29 is 9.53 Å². The van der Waals surface area contributed by atoms with Gasteiger partial charge in [-0.1, -0.05) is 54.6 Å². The highest BCUT2D eigenvalue weighted by atomic mass is 32.2. The Morgan fingerprint density at radius 2 is 1.45 bits per heavy atom. The van der Waals surface area contributed by atoms with E-state index in [1.54, 1.807) is 7.11 Å². The minimum Gasteiger partial charge on any atom is -0.497 e. The van der Waals surface area contributed by atoms with Gasteiger partial charge in [0.1, 0.15) is 5.75 Å². The number of β-lactam (4-membered cyclic amide) rings is 1. The third-order valence-corrected chi connectivity index (χ3v) is 7.88. The van der Waals surface area contributed by atoms with Gasteiger partial charge in [-0.05, 0) is 48.9 Å². The minimum absolute atomic E-state index is 0.0370. The van der Waals surface area contributed by atoms with Gasteiger partial charge in [-0.3, -0.25) is 4.79 Å². The summed E-state index contributed by atoms with van der Waals surface area (Å²) in [6.45, 7) is 2.55. The molecule has 0 unspecified atom stereocenters. The van der Waals surface area contributed by atoms with Crippen LogP contribution in [0.1, 0.15) is 12.5 Å². The molecule has 158 valence electrons. The van der Waals surface area contributed by atoms with Gasteiger partial charge in [-0.25, -0.2) is 0 Å². The van der Waals surface area contributed by atoms with Gasteiger partial charge in [-0.15, -0.1) is 23.5 Å². The van der Waals surface area contributed by atoms with Crippen LogP contribution in [0.25, 0.3) is 0 Å². The summed E-state index contributed by atoms with van der Waals surface area (Å²) in [5.74, 6) is 0.942. The number of hydrogen-bond donors (Lipinski definition) is 0. The van der Waals surface area contributed by atoms with E-state index in [4.69, 9.17) is 4.74 Å². The predicted molar refractivity (Wildman–Crippen MR) is 129 cm³/mol. The molecule has 1 aliphatic rings. The summed E-state index contributed by atoms with van der Waals surface area (Å²) < 4.78 is 5.41. The van der Waals surface area contributed by atoms with Gasteiger partial charge in [0.15, 0.2) is 0 Å². The molecular formula is C26H25NO2S2. The Morgan fingerprint density at radius 3 is 1.94 bits per heavy atom. The van der Waals surface area contributed by atoms with E-state index in [2.05, 4.69) is 48.5 Å². The summed E-state index contributed by atoms with van der Waals surface area (Å²) in [6, 6.07) is 28.8. The molecule has 0 bridgehead atoms. The Morgan fingerprint density at radius 1 is 0.903 bits per heavy atom. The van der Waals surface area contributed by atoms with Crippen LogP contribution in [-0.2, 0) is 11.3 Å². The lowest BCUT2D eigenvalue weighted by Crippen LogP contribution is -2.58. The molecule has 0 spiro atoms. The van der Waals surface area contributed by atoms with Crippen LogP contribution in [0.3, 0.4) is 0 Å². The Bertz CT molecular complexity index is 995. The molecule has 3 nitrogen and oxygen atoms in total. The highest BCUT2D eigenvalue weighted by molar-refractivity contribution is 8.17. The molecule has 5 heteroatoms. The summed E-state index contributed by atoms with van der Waals surface area (Å²) in [5, 5.41) is 0. The van der Waals surface area contributed by atoms with Crippen LogP contribution in [-0.4, -0.2) is 28.5 Å². The van der Waals surface area contributed by atoms with Crippen molar-refractivity contribution in [2.75, 3.05) is 7.11 Å². The van der Waals surface area contributed by atoms with Crippen molar-refractivity contribution in [3.8, 4) is 5.75 Å². The predicted octanol–water partition coefficient (Wildman–Crippen LogP) is 6.26. The van der Waals surface area contributed by atoms with Crippen molar-refractivity contribution in [3.05, 3.63) is 102 Å². The van der Waals surface area contributed by atoms with Crippen molar-refractivity contribution >= 4 is 29.4 Å². The van der Waals surface area contributed by atoms with E-state index in [0.717, 1.165) is 16.9 Å². The van der Waals surface area contributed by atoms with Gasteiger partial charge in [0, 0.05) is 21.9 Å². The fourth-order valence-electron chi connectivity index (χ4n) is 3.63. The van der Waals surface area contributed by atoms with Crippen LogP contribution < -0.4 is 4.74 Å². The van der Waals surface area contributed by atoms with Crippen LogP contribution in [0, 0.1) is 0 Å². The van der Waals surface area contributed by atoms with Gasteiger partial charge in [0.2, 0.25) is 0 Å². The van der Waals surface area contributed by atoms with Crippen molar-refractivity contribution in [1.82, 2.24) is 4.90 Å².